The Morgan fingerprint density at radius 2 is 1.73 bits per heavy atom. The lowest BCUT2D eigenvalue weighted by Crippen LogP contribution is -2.00. The summed E-state index contributed by atoms with van der Waals surface area (Å²) in [5.74, 6) is 0. The number of aliphatic hydroxyl groups is 1. The summed E-state index contributed by atoms with van der Waals surface area (Å²) in [4.78, 5) is 0. The highest BCUT2D eigenvalue weighted by Gasteiger charge is 2.09. The average molecular weight is 200 g/mol. The third-order valence-electron chi connectivity index (χ3n) is 2.32. The van der Waals surface area contributed by atoms with E-state index in [2.05, 4.69) is 10.2 Å². The van der Waals surface area contributed by atoms with Gasteiger partial charge in [0.15, 0.2) is 0 Å². The molecule has 2 rings (SSSR count). The van der Waals surface area contributed by atoms with Gasteiger partial charge in [-0.3, -0.25) is 0 Å². The van der Waals surface area contributed by atoms with Gasteiger partial charge in [-0.05, 0) is 18.6 Å². The van der Waals surface area contributed by atoms with Crippen LogP contribution in [0.25, 0.3) is 0 Å². The van der Waals surface area contributed by atoms with Crippen LogP contribution in [0.3, 0.4) is 0 Å². The molecule has 2 aromatic rings. The molecule has 1 aromatic heterocycles. The Labute approximate surface area is 88.4 Å². The average Bonchev–Trinajstić information content (AvgIpc) is 2.30. The number of benzene rings is 1. The minimum Gasteiger partial charge on any atom is -0.384 e. The molecule has 0 bridgehead atoms. The van der Waals surface area contributed by atoms with E-state index in [-0.39, 0.29) is 0 Å². The van der Waals surface area contributed by atoms with Gasteiger partial charge in [-0.1, -0.05) is 29.8 Å². The molecule has 0 aliphatic rings. The second-order valence-corrected chi connectivity index (χ2v) is 3.49. The molecule has 0 amide bonds. The molecule has 0 saturated carbocycles. The van der Waals surface area contributed by atoms with E-state index in [1.807, 2.05) is 31.2 Å². The van der Waals surface area contributed by atoms with Crippen molar-refractivity contribution < 1.29 is 5.11 Å². The molecule has 15 heavy (non-hydrogen) atoms. The zero-order valence-corrected chi connectivity index (χ0v) is 8.46. The summed E-state index contributed by atoms with van der Waals surface area (Å²) in [6.07, 6.45) is 2.53. The Morgan fingerprint density at radius 3 is 2.33 bits per heavy atom. The molecule has 1 atom stereocenters. The molecule has 0 aliphatic carbocycles. The third-order valence-corrected chi connectivity index (χ3v) is 2.32. The van der Waals surface area contributed by atoms with Crippen molar-refractivity contribution in [2.75, 3.05) is 0 Å². The van der Waals surface area contributed by atoms with Gasteiger partial charge < -0.3 is 5.11 Å². The monoisotopic (exact) mass is 200 g/mol. The number of rotatable bonds is 2. The second-order valence-electron chi connectivity index (χ2n) is 3.49. The number of aromatic nitrogens is 2. The number of aryl methyl sites for hydroxylation is 1. The molecule has 1 N–H and O–H groups in total. The predicted octanol–water partition coefficient (Wildman–Crippen LogP) is 1.87. The van der Waals surface area contributed by atoms with Crippen LogP contribution in [0.15, 0.2) is 42.7 Å². The van der Waals surface area contributed by atoms with Crippen LogP contribution < -0.4 is 0 Å². The molecular weight excluding hydrogens is 188 g/mol. The Bertz CT molecular complexity index is 425. The van der Waals surface area contributed by atoms with Crippen molar-refractivity contribution in [3.63, 3.8) is 0 Å². The van der Waals surface area contributed by atoms with Gasteiger partial charge in [0.2, 0.25) is 0 Å². The van der Waals surface area contributed by atoms with E-state index in [0.29, 0.717) is 0 Å². The molecule has 0 saturated heterocycles. The lowest BCUT2D eigenvalue weighted by molar-refractivity contribution is 0.219. The molecular formula is C12H12N2O. The molecule has 76 valence electrons. The summed E-state index contributed by atoms with van der Waals surface area (Å²) in [6, 6.07) is 9.55. The molecule has 0 fully saturated rings. The van der Waals surface area contributed by atoms with E-state index in [4.69, 9.17) is 0 Å². The highest BCUT2D eigenvalue weighted by molar-refractivity contribution is 5.29. The van der Waals surface area contributed by atoms with Crippen molar-refractivity contribution in [3.8, 4) is 0 Å². The minimum absolute atomic E-state index is 0.624. The fraction of sp³-hybridized carbons (Fsp3) is 0.167. The van der Waals surface area contributed by atoms with Gasteiger partial charge in [-0.15, -0.1) is 0 Å². The highest BCUT2D eigenvalue weighted by atomic mass is 16.3. The topological polar surface area (TPSA) is 46.0 Å². The number of aliphatic hydroxyl groups excluding tert-OH is 1. The van der Waals surface area contributed by atoms with E-state index < -0.39 is 6.10 Å². The predicted molar refractivity (Wildman–Crippen MR) is 57.3 cm³/mol. The second kappa shape index (κ2) is 4.19. The summed E-state index contributed by atoms with van der Waals surface area (Å²) < 4.78 is 0. The van der Waals surface area contributed by atoms with Crippen LogP contribution >= 0.6 is 0 Å². The maximum absolute atomic E-state index is 10.0. The SMILES string of the molecule is Cc1ccc(C(O)c2ccnnc2)cc1. The molecule has 3 nitrogen and oxygen atoms in total. The van der Waals surface area contributed by atoms with Crippen LogP contribution in [0, 0.1) is 6.92 Å². The van der Waals surface area contributed by atoms with Crippen molar-refractivity contribution in [3.05, 3.63) is 59.4 Å². The number of nitrogens with zero attached hydrogens (tertiary/aromatic N) is 2. The zero-order chi connectivity index (χ0) is 10.7. The third kappa shape index (κ3) is 2.19. The van der Waals surface area contributed by atoms with Gasteiger partial charge in [-0.25, -0.2) is 0 Å². The van der Waals surface area contributed by atoms with Crippen LogP contribution in [0.2, 0.25) is 0 Å². The van der Waals surface area contributed by atoms with Crippen LogP contribution in [0.4, 0.5) is 0 Å². The summed E-state index contributed by atoms with van der Waals surface area (Å²) in [6.45, 7) is 2.02. The van der Waals surface area contributed by atoms with Crippen molar-refractivity contribution in [1.82, 2.24) is 10.2 Å². The number of hydrogen-bond acceptors (Lipinski definition) is 3. The first-order chi connectivity index (χ1) is 7.27. The summed E-state index contributed by atoms with van der Waals surface area (Å²) in [7, 11) is 0. The van der Waals surface area contributed by atoms with Gasteiger partial charge in [0.05, 0.1) is 6.20 Å². The van der Waals surface area contributed by atoms with Crippen molar-refractivity contribution in [2.24, 2.45) is 0 Å². The first-order valence-corrected chi connectivity index (χ1v) is 4.78. The van der Waals surface area contributed by atoms with Gasteiger partial charge >= 0.3 is 0 Å². The molecule has 0 spiro atoms. The van der Waals surface area contributed by atoms with Crippen molar-refractivity contribution in [2.45, 2.75) is 13.0 Å². The van der Waals surface area contributed by atoms with Crippen LogP contribution in [-0.4, -0.2) is 15.3 Å². The van der Waals surface area contributed by atoms with E-state index in [1.165, 1.54) is 5.56 Å². The van der Waals surface area contributed by atoms with E-state index >= 15 is 0 Å². The van der Waals surface area contributed by atoms with Crippen LogP contribution in [0.1, 0.15) is 22.8 Å². The fourth-order valence-corrected chi connectivity index (χ4v) is 1.40. The lowest BCUT2D eigenvalue weighted by Gasteiger charge is -2.10. The zero-order valence-electron chi connectivity index (χ0n) is 8.46. The van der Waals surface area contributed by atoms with Gasteiger partial charge in [0, 0.05) is 11.8 Å². The smallest absolute Gasteiger partial charge is 0.106 e. The van der Waals surface area contributed by atoms with Crippen molar-refractivity contribution >= 4 is 0 Å². The highest BCUT2D eigenvalue weighted by Crippen LogP contribution is 2.20. The van der Waals surface area contributed by atoms with Gasteiger partial charge in [-0.2, -0.15) is 10.2 Å². The summed E-state index contributed by atoms with van der Waals surface area (Å²) in [5.41, 5.74) is 2.81. The van der Waals surface area contributed by atoms with E-state index in [0.717, 1.165) is 11.1 Å². The Morgan fingerprint density at radius 1 is 1.00 bits per heavy atom. The van der Waals surface area contributed by atoms with Crippen LogP contribution in [0.5, 0.6) is 0 Å². The standard InChI is InChI=1S/C12H12N2O/c1-9-2-4-10(5-3-9)12(15)11-6-7-13-14-8-11/h2-8,12,15H,1H3. The van der Waals surface area contributed by atoms with Gasteiger partial charge in [0.1, 0.15) is 6.10 Å². The Kier molecular flexibility index (Phi) is 2.74. The first kappa shape index (κ1) is 9.80. The first-order valence-electron chi connectivity index (χ1n) is 4.78. The molecule has 0 aliphatic heterocycles. The minimum atomic E-state index is -0.624. The maximum atomic E-state index is 10.0. The fourth-order valence-electron chi connectivity index (χ4n) is 1.40. The van der Waals surface area contributed by atoms with Gasteiger partial charge in [0.25, 0.3) is 0 Å². The normalized spacial score (nSPS) is 12.4. The Hall–Kier alpha value is -1.74. The Balaban J connectivity index is 2.29. The lowest BCUT2D eigenvalue weighted by atomic mass is 10.0. The molecule has 3 heteroatoms. The van der Waals surface area contributed by atoms with E-state index in [9.17, 15) is 5.11 Å². The largest absolute Gasteiger partial charge is 0.384 e. The molecule has 1 unspecified atom stereocenters. The van der Waals surface area contributed by atoms with Crippen LogP contribution in [-0.2, 0) is 0 Å². The maximum Gasteiger partial charge on any atom is 0.106 e. The summed E-state index contributed by atoms with van der Waals surface area (Å²) >= 11 is 0. The number of hydrogen-bond donors (Lipinski definition) is 1. The quantitative estimate of drug-likeness (QED) is 0.804. The molecule has 1 heterocycles. The molecule has 0 radical (unpaired) electrons. The molecule has 1 aromatic carbocycles. The summed E-state index contributed by atoms with van der Waals surface area (Å²) in [5, 5.41) is 17.4. The van der Waals surface area contributed by atoms with E-state index in [1.54, 1.807) is 18.5 Å². The van der Waals surface area contributed by atoms with Crippen molar-refractivity contribution in [1.29, 1.82) is 0 Å².